The predicted molar refractivity (Wildman–Crippen MR) is 125 cm³/mol. The molecule has 2 aromatic rings. The van der Waals surface area contributed by atoms with Gasteiger partial charge in [0, 0.05) is 12.1 Å². The number of carbonyl (C=O) groups excluding carboxylic acids is 1. The topological polar surface area (TPSA) is 50.1 Å². The highest BCUT2D eigenvalue weighted by Gasteiger charge is 2.22. The number of nitriles is 1. The molecule has 0 atom stereocenters. The van der Waals surface area contributed by atoms with Crippen molar-refractivity contribution in [3.8, 4) is 11.8 Å². The summed E-state index contributed by atoms with van der Waals surface area (Å²) in [5.74, 6) is -2.99. The van der Waals surface area contributed by atoms with Gasteiger partial charge in [0.25, 0.3) is 0 Å². The minimum absolute atomic E-state index is 0.308. The van der Waals surface area contributed by atoms with Crippen LogP contribution in [0.1, 0.15) is 92.6 Å². The summed E-state index contributed by atoms with van der Waals surface area (Å²) in [6.07, 6.45) is 13.4. The molecule has 0 unspecified atom stereocenters. The van der Waals surface area contributed by atoms with Crippen molar-refractivity contribution < 1.29 is 22.7 Å². The van der Waals surface area contributed by atoms with E-state index in [9.17, 15) is 18.0 Å². The number of unbranched alkanes of at least 4 members (excludes halogenated alkanes) is 3. The Balaban J connectivity index is 1.49. The van der Waals surface area contributed by atoms with Gasteiger partial charge in [0.05, 0.1) is 5.56 Å². The third-order valence-electron chi connectivity index (χ3n) is 6.86. The number of benzene rings is 2. The number of carbonyl (C=O) groups is 1. The molecule has 1 aliphatic rings. The zero-order chi connectivity index (χ0) is 24.5. The molecule has 1 saturated carbocycles. The number of rotatable bonds is 10. The van der Waals surface area contributed by atoms with E-state index in [0.717, 1.165) is 36.5 Å². The standard InChI is InChI=1S/C28H32F3NO2/c1-2-3-4-5-6-19-7-9-20(10-8-19)11-12-21-13-14-23(25(29)15-21)28(33)34-22-16-26(30)24(18-32)27(31)17-22/h13-17,19-20H,2-12H2,1H3/t19-,20-. The molecule has 1 aliphatic carbocycles. The third-order valence-corrected chi connectivity index (χ3v) is 6.86. The van der Waals surface area contributed by atoms with Crippen molar-refractivity contribution in [1.29, 1.82) is 5.26 Å². The fourth-order valence-corrected chi connectivity index (χ4v) is 4.80. The summed E-state index contributed by atoms with van der Waals surface area (Å²) >= 11 is 0. The van der Waals surface area contributed by atoms with E-state index >= 15 is 0 Å². The van der Waals surface area contributed by atoms with Crippen LogP contribution >= 0.6 is 0 Å². The molecular weight excluding hydrogens is 439 g/mol. The number of aryl methyl sites for hydroxylation is 1. The molecule has 2 aromatic carbocycles. The molecule has 0 saturated heterocycles. The first-order valence-electron chi connectivity index (χ1n) is 12.3. The fraction of sp³-hybridized carbons (Fsp3) is 0.500. The highest BCUT2D eigenvalue weighted by molar-refractivity contribution is 5.91. The van der Waals surface area contributed by atoms with Crippen LogP contribution < -0.4 is 4.74 Å². The maximum atomic E-state index is 14.6. The molecule has 3 nitrogen and oxygen atoms in total. The molecule has 182 valence electrons. The van der Waals surface area contributed by atoms with Gasteiger partial charge < -0.3 is 4.74 Å². The average molecular weight is 472 g/mol. The quantitative estimate of drug-likeness (QED) is 0.201. The average Bonchev–Trinajstić information content (AvgIpc) is 2.81. The highest BCUT2D eigenvalue weighted by Crippen LogP contribution is 2.34. The van der Waals surface area contributed by atoms with Crippen LogP contribution in [-0.4, -0.2) is 5.97 Å². The van der Waals surface area contributed by atoms with Crippen LogP contribution in [0.3, 0.4) is 0 Å². The van der Waals surface area contributed by atoms with Crippen LogP contribution in [0.5, 0.6) is 5.75 Å². The first kappa shape index (κ1) is 25.8. The van der Waals surface area contributed by atoms with E-state index < -0.39 is 34.7 Å². The second kappa shape index (κ2) is 12.6. The molecule has 0 radical (unpaired) electrons. The molecule has 0 aromatic heterocycles. The Kier molecular flexibility index (Phi) is 9.56. The Bertz CT molecular complexity index is 1000. The molecule has 3 rings (SSSR count). The van der Waals surface area contributed by atoms with Gasteiger partial charge in [-0.25, -0.2) is 18.0 Å². The number of halogens is 3. The van der Waals surface area contributed by atoms with Gasteiger partial charge in [-0.05, 0) is 42.4 Å². The van der Waals surface area contributed by atoms with Crippen molar-refractivity contribution in [3.05, 3.63) is 64.5 Å². The molecule has 1 fully saturated rings. The first-order valence-corrected chi connectivity index (χ1v) is 12.3. The Morgan fingerprint density at radius 2 is 1.59 bits per heavy atom. The highest BCUT2D eigenvalue weighted by atomic mass is 19.1. The number of hydrogen-bond donors (Lipinski definition) is 0. The zero-order valence-electron chi connectivity index (χ0n) is 19.7. The van der Waals surface area contributed by atoms with Crippen LogP contribution in [0.25, 0.3) is 0 Å². The molecule has 0 heterocycles. The summed E-state index contributed by atoms with van der Waals surface area (Å²) in [7, 11) is 0. The second-order valence-electron chi connectivity index (χ2n) is 9.35. The molecular formula is C28H32F3NO2. The van der Waals surface area contributed by atoms with E-state index in [0.29, 0.717) is 5.92 Å². The largest absolute Gasteiger partial charge is 0.423 e. The van der Waals surface area contributed by atoms with E-state index in [4.69, 9.17) is 10.00 Å². The minimum Gasteiger partial charge on any atom is -0.423 e. The Labute approximate surface area is 199 Å². The molecule has 6 heteroatoms. The fourth-order valence-electron chi connectivity index (χ4n) is 4.80. The van der Waals surface area contributed by atoms with Gasteiger partial charge >= 0.3 is 5.97 Å². The van der Waals surface area contributed by atoms with Crippen molar-refractivity contribution in [2.24, 2.45) is 11.8 Å². The van der Waals surface area contributed by atoms with E-state index in [-0.39, 0.29) is 5.56 Å². The minimum atomic E-state index is -1.15. The summed E-state index contributed by atoms with van der Waals surface area (Å²) < 4.78 is 46.9. The van der Waals surface area contributed by atoms with Crippen LogP contribution in [0.4, 0.5) is 13.2 Å². The van der Waals surface area contributed by atoms with Crippen molar-refractivity contribution in [2.45, 2.75) is 77.6 Å². The Hall–Kier alpha value is -2.81. The van der Waals surface area contributed by atoms with Gasteiger partial charge in [-0.15, -0.1) is 0 Å². The van der Waals surface area contributed by atoms with E-state index in [1.54, 1.807) is 6.07 Å². The number of hydrogen-bond acceptors (Lipinski definition) is 3. The lowest BCUT2D eigenvalue weighted by molar-refractivity contribution is 0.0729. The van der Waals surface area contributed by atoms with Crippen LogP contribution in [0, 0.1) is 40.6 Å². The van der Waals surface area contributed by atoms with Crippen LogP contribution in [0.2, 0.25) is 0 Å². The van der Waals surface area contributed by atoms with Gasteiger partial charge in [-0.2, -0.15) is 5.26 Å². The maximum absolute atomic E-state index is 14.6. The number of ether oxygens (including phenoxy) is 1. The zero-order valence-corrected chi connectivity index (χ0v) is 19.7. The van der Waals surface area contributed by atoms with Crippen molar-refractivity contribution >= 4 is 5.97 Å². The van der Waals surface area contributed by atoms with Crippen molar-refractivity contribution in [2.75, 3.05) is 0 Å². The van der Waals surface area contributed by atoms with E-state index in [2.05, 4.69) is 6.92 Å². The van der Waals surface area contributed by atoms with Crippen molar-refractivity contribution in [1.82, 2.24) is 0 Å². The predicted octanol–water partition coefficient (Wildman–Crippen LogP) is 7.90. The summed E-state index contributed by atoms with van der Waals surface area (Å²) in [5, 5.41) is 8.71. The summed E-state index contributed by atoms with van der Waals surface area (Å²) in [6, 6.07) is 7.21. The van der Waals surface area contributed by atoms with Crippen LogP contribution in [-0.2, 0) is 6.42 Å². The molecule has 0 N–H and O–H groups in total. The lowest BCUT2D eigenvalue weighted by Crippen LogP contribution is -2.15. The molecule has 34 heavy (non-hydrogen) atoms. The molecule has 0 amide bonds. The molecule has 0 aliphatic heterocycles. The second-order valence-corrected chi connectivity index (χ2v) is 9.35. The van der Waals surface area contributed by atoms with Crippen molar-refractivity contribution in [3.63, 3.8) is 0 Å². The molecule has 0 bridgehead atoms. The first-order chi connectivity index (χ1) is 16.4. The lowest BCUT2D eigenvalue weighted by Gasteiger charge is -2.28. The summed E-state index contributed by atoms with van der Waals surface area (Å²) in [6.45, 7) is 2.23. The Morgan fingerprint density at radius 3 is 2.18 bits per heavy atom. The van der Waals surface area contributed by atoms with E-state index in [1.165, 1.54) is 76.0 Å². The lowest BCUT2D eigenvalue weighted by atomic mass is 9.77. The van der Waals surface area contributed by atoms with Gasteiger partial charge in [0.15, 0.2) is 0 Å². The van der Waals surface area contributed by atoms with E-state index in [1.807, 2.05) is 0 Å². The Morgan fingerprint density at radius 1 is 0.941 bits per heavy atom. The monoisotopic (exact) mass is 471 g/mol. The van der Waals surface area contributed by atoms with Gasteiger partial charge in [-0.1, -0.05) is 70.8 Å². The van der Waals surface area contributed by atoms with Gasteiger partial charge in [0.1, 0.15) is 34.8 Å². The van der Waals surface area contributed by atoms with Gasteiger partial charge in [0.2, 0.25) is 0 Å². The number of nitrogens with zero attached hydrogens (tertiary/aromatic N) is 1. The SMILES string of the molecule is CCCCCC[C@H]1CC[C@H](CCc2ccc(C(=O)Oc3cc(F)c(C#N)c(F)c3)c(F)c2)CC1. The smallest absolute Gasteiger partial charge is 0.346 e. The summed E-state index contributed by atoms with van der Waals surface area (Å²) in [5.41, 5.74) is -0.264. The maximum Gasteiger partial charge on any atom is 0.346 e. The molecule has 0 spiro atoms. The summed E-state index contributed by atoms with van der Waals surface area (Å²) in [4.78, 5) is 12.3. The van der Waals surface area contributed by atoms with Crippen LogP contribution in [0.15, 0.2) is 30.3 Å². The number of esters is 1. The van der Waals surface area contributed by atoms with Gasteiger partial charge in [-0.3, -0.25) is 0 Å². The third kappa shape index (κ3) is 7.09. The normalized spacial score (nSPS) is 17.9.